The van der Waals surface area contributed by atoms with E-state index in [1.54, 1.807) is 6.92 Å². The van der Waals surface area contributed by atoms with Crippen molar-refractivity contribution >= 4 is 45.5 Å². The molecule has 4 rings (SSSR count). The van der Waals surface area contributed by atoms with Crippen molar-refractivity contribution in [1.82, 2.24) is 0 Å². The van der Waals surface area contributed by atoms with Gasteiger partial charge in [-0.3, -0.25) is 9.59 Å². The lowest BCUT2D eigenvalue weighted by Crippen LogP contribution is -2.41. The number of rotatable bonds is 5. The Bertz CT molecular complexity index is 1060. The van der Waals surface area contributed by atoms with Crippen LogP contribution in [0.15, 0.2) is 12.1 Å². The van der Waals surface area contributed by atoms with Crippen molar-refractivity contribution in [2.75, 3.05) is 22.6 Å². The zero-order valence-corrected chi connectivity index (χ0v) is 18.8. The Labute approximate surface area is 185 Å². The first-order valence-corrected chi connectivity index (χ1v) is 11.5. The number of esters is 1. The number of carbonyl (C=O) groups is 3. The van der Waals surface area contributed by atoms with E-state index in [2.05, 4.69) is 16.0 Å². The molecule has 7 nitrogen and oxygen atoms in total. The normalized spacial score (nSPS) is 17.1. The molecule has 0 radical (unpaired) electrons. The summed E-state index contributed by atoms with van der Waals surface area (Å²) in [6.07, 6.45) is 3.78. The maximum Gasteiger partial charge on any atom is 0.341 e. The fourth-order valence-electron chi connectivity index (χ4n) is 4.09. The predicted octanol–water partition coefficient (Wildman–Crippen LogP) is 4.18. The van der Waals surface area contributed by atoms with Gasteiger partial charge in [-0.25, -0.2) is 4.79 Å². The number of nitrogens with one attached hydrogen (secondary N) is 3. The number of hydrogen-bond donors (Lipinski definition) is 3. The van der Waals surface area contributed by atoms with E-state index >= 15 is 0 Å². The van der Waals surface area contributed by atoms with Crippen molar-refractivity contribution in [1.29, 1.82) is 0 Å². The SMILES string of the molecule is CCOC(=O)c1c(NC(=O)CC2Nc3cc(C)c(C)cc3NC2=O)sc2c1CCCC2. The summed E-state index contributed by atoms with van der Waals surface area (Å²) in [6, 6.07) is 3.21. The third-order valence-electron chi connectivity index (χ3n) is 5.83. The molecule has 0 saturated heterocycles. The number of aryl methyl sites for hydroxylation is 3. The van der Waals surface area contributed by atoms with E-state index in [0.29, 0.717) is 10.6 Å². The molecule has 8 heteroatoms. The first-order chi connectivity index (χ1) is 14.9. The monoisotopic (exact) mass is 441 g/mol. The van der Waals surface area contributed by atoms with Crippen LogP contribution in [0.1, 0.15) is 58.1 Å². The van der Waals surface area contributed by atoms with Gasteiger partial charge in [0.15, 0.2) is 0 Å². The number of ether oxygens (including phenoxy) is 1. The Hall–Kier alpha value is -2.87. The lowest BCUT2D eigenvalue weighted by Gasteiger charge is -2.27. The third-order valence-corrected chi connectivity index (χ3v) is 7.04. The minimum absolute atomic E-state index is 0.0387. The van der Waals surface area contributed by atoms with Gasteiger partial charge in [0.2, 0.25) is 11.8 Å². The zero-order chi connectivity index (χ0) is 22.1. The molecule has 31 heavy (non-hydrogen) atoms. The Morgan fingerprint density at radius 3 is 2.61 bits per heavy atom. The van der Waals surface area contributed by atoms with Gasteiger partial charge in [0.05, 0.1) is 30.0 Å². The van der Waals surface area contributed by atoms with Gasteiger partial charge in [-0.2, -0.15) is 0 Å². The molecular weight excluding hydrogens is 414 g/mol. The lowest BCUT2D eigenvalue weighted by molar-refractivity contribution is -0.122. The first kappa shape index (κ1) is 21.4. The Kier molecular flexibility index (Phi) is 6.00. The van der Waals surface area contributed by atoms with Crippen LogP contribution in [0.5, 0.6) is 0 Å². The molecule has 0 fully saturated rings. The maximum absolute atomic E-state index is 12.8. The average molecular weight is 442 g/mol. The van der Waals surface area contributed by atoms with Crippen molar-refractivity contribution in [3.63, 3.8) is 0 Å². The van der Waals surface area contributed by atoms with E-state index in [9.17, 15) is 14.4 Å². The van der Waals surface area contributed by atoms with Crippen LogP contribution in [0.3, 0.4) is 0 Å². The van der Waals surface area contributed by atoms with Crippen molar-refractivity contribution in [3.8, 4) is 0 Å². The molecule has 0 bridgehead atoms. The van der Waals surface area contributed by atoms with Gasteiger partial charge < -0.3 is 20.7 Å². The highest BCUT2D eigenvalue weighted by Crippen LogP contribution is 2.39. The summed E-state index contributed by atoms with van der Waals surface area (Å²) in [5, 5.41) is 9.46. The van der Waals surface area contributed by atoms with Crippen LogP contribution in [-0.4, -0.2) is 30.4 Å². The second-order valence-electron chi connectivity index (χ2n) is 8.06. The zero-order valence-electron chi connectivity index (χ0n) is 18.0. The highest BCUT2D eigenvalue weighted by Gasteiger charge is 2.30. The summed E-state index contributed by atoms with van der Waals surface area (Å²) in [6.45, 7) is 6.04. The van der Waals surface area contributed by atoms with E-state index in [4.69, 9.17) is 4.74 Å². The number of carbonyl (C=O) groups excluding carboxylic acids is 3. The summed E-state index contributed by atoms with van der Waals surface area (Å²) < 4.78 is 5.24. The standard InChI is InChI=1S/C23H27N3O4S/c1-4-30-23(29)20-14-7-5-6-8-18(14)31-22(20)26-19(27)11-17-21(28)25-16-10-13(3)12(2)9-15(16)24-17/h9-10,17,24H,4-8,11H2,1-3H3,(H,25,28)(H,26,27). The number of benzene rings is 1. The molecule has 1 aliphatic heterocycles. The molecule has 0 spiro atoms. The van der Waals surface area contributed by atoms with Crippen molar-refractivity contribution < 1.29 is 19.1 Å². The summed E-state index contributed by atoms with van der Waals surface area (Å²) >= 11 is 1.45. The molecule has 1 aliphatic carbocycles. The van der Waals surface area contributed by atoms with Crippen LogP contribution in [0.4, 0.5) is 16.4 Å². The number of amides is 2. The van der Waals surface area contributed by atoms with E-state index in [-0.39, 0.29) is 24.8 Å². The van der Waals surface area contributed by atoms with E-state index in [1.165, 1.54) is 11.3 Å². The molecule has 0 saturated carbocycles. The Morgan fingerprint density at radius 2 is 1.87 bits per heavy atom. The first-order valence-electron chi connectivity index (χ1n) is 10.7. The Balaban J connectivity index is 1.51. The van der Waals surface area contributed by atoms with Crippen LogP contribution >= 0.6 is 11.3 Å². The molecule has 1 aromatic carbocycles. The predicted molar refractivity (Wildman–Crippen MR) is 122 cm³/mol. The van der Waals surface area contributed by atoms with Crippen molar-refractivity contribution in [2.45, 2.75) is 58.9 Å². The van der Waals surface area contributed by atoms with E-state index in [0.717, 1.165) is 58.6 Å². The van der Waals surface area contributed by atoms with E-state index in [1.807, 2.05) is 26.0 Å². The summed E-state index contributed by atoms with van der Waals surface area (Å²) in [4.78, 5) is 39.1. The van der Waals surface area contributed by atoms with Gasteiger partial charge in [-0.05, 0) is 75.3 Å². The summed E-state index contributed by atoms with van der Waals surface area (Å²) in [5.74, 6) is -0.962. The third kappa shape index (κ3) is 4.30. The fourth-order valence-corrected chi connectivity index (χ4v) is 5.39. The van der Waals surface area contributed by atoms with Gasteiger partial charge >= 0.3 is 5.97 Å². The van der Waals surface area contributed by atoms with Crippen molar-refractivity contribution in [2.24, 2.45) is 0 Å². The molecule has 164 valence electrons. The highest BCUT2D eigenvalue weighted by atomic mass is 32.1. The molecule has 2 aromatic rings. The Morgan fingerprint density at radius 1 is 1.16 bits per heavy atom. The lowest BCUT2D eigenvalue weighted by atomic mass is 9.95. The molecule has 1 unspecified atom stereocenters. The van der Waals surface area contributed by atoms with Crippen LogP contribution in [0.25, 0.3) is 0 Å². The molecule has 1 atom stereocenters. The van der Waals surface area contributed by atoms with Crippen LogP contribution in [0.2, 0.25) is 0 Å². The number of fused-ring (bicyclic) bond motifs is 2. The van der Waals surface area contributed by atoms with Gasteiger partial charge in [0, 0.05) is 4.88 Å². The molecule has 2 heterocycles. The number of anilines is 3. The van der Waals surface area contributed by atoms with Gasteiger partial charge in [0.25, 0.3) is 0 Å². The number of hydrogen-bond acceptors (Lipinski definition) is 6. The molecule has 3 N–H and O–H groups in total. The fraction of sp³-hybridized carbons (Fsp3) is 0.435. The summed E-state index contributed by atoms with van der Waals surface area (Å²) in [7, 11) is 0. The van der Waals surface area contributed by atoms with Gasteiger partial charge in [-0.1, -0.05) is 0 Å². The second kappa shape index (κ2) is 8.70. The second-order valence-corrected chi connectivity index (χ2v) is 9.16. The summed E-state index contributed by atoms with van der Waals surface area (Å²) in [5.41, 5.74) is 5.20. The van der Waals surface area contributed by atoms with Crippen LogP contribution < -0.4 is 16.0 Å². The molecular formula is C23H27N3O4S. The number of thiophene rings is 1. The minimum atomic E-state index is -0.685. The van der Waals surface area contributed by atoms with E-state index < -0.39 is 12.0 Å². The highest BCUT2D eigenvalue weighted by molar-refractivity contribution is 7.17. The maximum atomic E-state index is 12.8. The van der Waals surface area contributed by atoms with Gasteiger partial charge in [-0.15, -0.1) is 11.3 Å². The van der Waals surface area contributed by atoms with Crippen LogP contribution in [0, 0.1) is 13.8 Å². The van der Waals surface area contributed by atoms with Gasteiger partial charge in [0.1, 0.15) is 11.0 Å². The molecule has 1 aromatic heterocycles. The molecule has 2 amide bonds. The van der Waals surface area contributed by atoms with Crippen LogP contribution in [-0.2, 0) is 27.2 Å². The quantitative estimate of drug-likeness (QED) is 0.605. The smallest absolute Gasteiger partial charge is 0.341 e. The molecule has 2 aliphatic rings. The topological polar surface area (TPSA) is 96.5 Å². The minimum Gasteiger partial charge on any atom is -0.462 e. The van der Waals surface area contributed by atoms with Crippen molar-refractivity contribution in [3.05, 3.63) is 39.3 Å². The largest absolute Gasteiger partial charge is 0.462 e. The average Bonchev–Trinajstić information content (AvgIpc) is 3.08.